The average Bonchev–Trinajstić information content (AvgIpc) is 3.09. The zero-order valence-corrected chi connectivity index (χ0v) is 15.9. The molecular formula is C18H22N4O4S. The van der Waals surface area contributed by atoms with Gasteiger partial charge in [0, 0.05) is 20.2 Å². The molecule has 1 aliphatic heterocycles. The zero-order chi connectivity index (χ0) is 19.1. The van der Waals surface area contributed by atoms with Crippen LogP contribution in [-0.2, 0) is 16.1 Å². The summed E-state index contributed by atoms with van der Waals surface area (Å²) in [6.45, 7) is 5.61. The van der Waals surface area contributed by atoms with Crippen LogP contribution in [-0.4, -0.2) is 53.3 Å². The number of aromatic nitrogens is 3. The first-order valence-corrected chi connectivity index (χ1v) is 9.52. The molecule has 1 aromatic heterocycles. The van der Waals surface area contributed by atoms with Crippen molar-refractivity contribution in [3.63, 3.8) is 0 Å². The molecule has 0 saturated carbocycles. The number of ether oxygens (including phenoxy) is 3. The Bertz CT molecular complexity index is 795. The molecule has 144 valence electrons. The minimum absolute atomic E-state index is 0.0852. The molecule has 1 aliphatic rings. The van der Waals surface area contributed by atoms with Crippen molar-refractivity contribution >= 4 is 17.7 Å². The van der Waals surface area contributed by atoms with Crippen LogP contribution in [0.2, 0.25) is 0 Å². The Labute approximate surface area is 161 Å². The number of fused-ring (bicyclic) bond motifs is 1. The first kappa shape index (κ1) is 19.2. The van der Waals surface area contributed by atoms with E-state index in [1.807, 2.05) is 28.8 Å². The Kier molecular flexibility index (Phi) is 6.72. The monoisotopic (exact) mass is 390 g/mol. The van der Waals surface area contributed by atoms with Crippen LogP contribution in [0.4, 0.5) is 0 Å². The van der Waals surface area contributed by atoms with Gasteiger partial charge >= 0.3 is 0 Å². The van der Waals surface area contributed by atoms with Crippen LogP contribution in [0.1, 0.15) is 11.9 Å². The van der Waals surface area contributed by atoms with Crippen molar-refractivity contribution in [3.05, 3.63) is 42.7 Å². The number of carbonyl (C=O) groups is 1. The maximum Gasteiger partial charge on any atom is 0.230 e. The fourth-order valence-corrected chi connectivity index (χ4v) is 3.35. The first-order valence-electron chi connectivity index (χ1n) is 8.54. The molecule has 9 heteroatoms. The predicted molar refractivity (Wildman–Crippen MR) is 101 cm³/mol. The summed E-state index contributed by atoms with van der Waals surface area (Å²) in [4.78, 5) is 11.9. The fourth-order valence-electron chi connectivity index (χ4n) is 2.57. The normalized spacial score (nSPS) is 15.4. The van der Waals surface area contributed by atoms with Crippen molar-refractivity contribution in [3.8, 4) is 11.5 Å². The molecule has 1 amide bonds. The lowest BCUT2D eigenvalue weighted by atomic mass is 10.2. The van der Waals surface area contributed by atoms with Crippen LogP contribution in [0, 0.1) is 0 Å². The summed E-state index contributed by atoms with van der Waals surface area (Å²) >= 11 is 1.32. The zero-order valence-electron chi connectivity index (χ0n) is 15.1. The highest BCUT2D eigenvalue weighted by Crippen LogP contribution is 2.36. The van der Waals surface area contributed by atoms with Crippen LogP contribution >= 0.6 is 11.8 Å². The van der Waals surface area contributed by atoms with Gasteiger partial charge in [0.2, 0.25) is 5.91 Å². The number of para-hydroxylation sites is 2. The van der Waals surface area contributed by atoms with Gasteiger partial charge in [-0.15, -0.1) is 16.8 Å². The molecule has 1 atom stereocenters. The third-order valence-electron chi connectivity index (χ3n) is 3.81. The van der Waals surface area contributed by atoms with Gasteiger partial charge in [0.15, 0.2) is 28.6 Å². The van der Waals surface area contributed by atoms with Crippen LogP contribution in [0.15, 0.2) is 42.1 Å². The number of rotatable bonds is 9. The Hall–Kier alpha value is -2.52. The third kappa shape index (κ3) is 4.81. The van der Waals surface area contributed by atoms with Gasteiger partial charge in [0.1, 0.15) is 6.61 Å². The highest BCUT2D eigenvalue weighted by Gasteiger charge is 2.28. The summed E-state index contributed by atoms with van der Waals surface area (Å²) in [7, 11) is 1.59. The molecule has 1 aromatic carbocycles. The van der Waals surface area contributed by atoms with Crippen LogP contribution in [0.25, 0.3) is 0 Å². The van der Waals surface area contributed by atoms with Gasteiger partial charge in [-0.05, 0) is 12.1 Å². The number of carbonyl (C=O) groups excluding carboxylic acids is 1. The van der Waals surface area contributed by atoms with E-state index in [4.69, 9.17) is 14.2 Å². The number of amides is 1. The average molecular weight is 390 g/mol. The number of nitrogens with zero attached hydrogens (tertiary/aromatic N) is 3. The fraction of sp³-hybridized carbons (Fsp3) is 0.389. The van der Waals surface area contributed by atoms with Gasteiger partial charge in [-0.1, -0.05) is 30.0 Å². The van der Waals surface area contributed by atoms with E-state index in [2.05, 4.69) is 22.1 Å². The molecule has 2 aromatic rings. The molecule has 27 heavy (non-hydrogen) atoms. The molecule has 0 aliphatic carbocycles. The number of hydrogen-bond donors (Lipinski definition) is 1. The number of allylic oxidation sites excluding steroid dienone is 1. The molecular weight excluding hydrogens is 368 g/mol. The first-order chi connectivity index (χ1) is 13.2. The van der Waals surface area contributed by atoms with E-state index in [0.29, 0.717) is 48.8 Å². The van der Waals surface area contributed by atoms with Crippen LogP contribution in [0.3, 0.4) is 0 Å². The quantitative estimate of drug-likeness (QED) is 0.397. The summed E-state index contributed by atoms with van der Waals surface area (Å²) < 4.78 is 18.6. The van der Waals surface area contributed by atoms with E-state index < -0.39 is 0 Å². The molecule has 0 radical (unpaired) electrons. The smallest absolute Gasteiger partial charge is 0.230 e. The topological polar surface area (TPSA) is 87.5 Å². The standard InChI is InChI=1S/C18H22N4O4S/c1-3-9-22-17(15-11-25-13-6-4-5-7-14(13)26-15)20-21-18(22)27-12-16(23)19-8-10-24-2/h3-7,15H,1,8-12H2,2H3,(H,19,23)/t15-/m1/s1. The summed E-state index contributed by atoms with van der Waals surface area (Å²) in [6, 6.07) is 7.51. The van der Waals surface area contributed by atoms with Crippen molar-refractivity contribution in [2.24, 2.45) is 0 Å². The number of hydrogen-bond acceptors (Lipinski definition) is 7. The van der Waals surface area contributed by atoms with Crippen LogP contribution in [0.5, 0.6) is 11.5 Å². The lowest BCUT2D eigenvalue weighted by Crippen LogP contribution is -2.28. The minimum Gasteiger partial charge on any atom is -0.485 e. The highest BCUT2D eigenvalue weighted by atomic mass is 32.2. The van der Waals surface area contributed by atoms with E-state index in [0.717, 1.165) is 0 Å². The van der Waals surface area contributed by atoms with Gasteiger partial charge in [0.05, 0.1) is 12.4 Å². The number of benzene rings is 1. The lowest BCUT2D eigenvalue weighted by Gasteiger charge is -2.26. The molecule has 0 saturated heterocycles. The minimum atomic E-state index is -0.378. The summed E-state index contributed by atoms with van der Waals surface area (Å²) in [6.07, 6.45) is 1.38. The number of thioether (sulfide) groups is 1. The van der Waals surface area contributed by atoms with Crippen molar-refractivity contribution in [1.29, 1.82) is 0 Å². The van der Waals surface area contributed by atoms with E-state index in [1.165, 1.54) is 11.8 Å². The molecule has 3 rings (SSSR count). The highest BCUT2D eigenvalue weighted by molar-refractivity contribution is 7.99. The molecule has 0 fully saturated rings. The van der Waals surface area contributed by atoms with Crippen molar-refractivity contribution in [2.45, 2.75) is 17.8 Å². The van der Waals surface area contributed by atoms with E-state index in [1.54, 1.807) is 13.2 Å². The van der Waals surface area contributed by atoms with Crippen LogP contribution < -0.4 is 14.8 Å². The molecule has 0 spiro atoms. The van der Waals surface area contributed by atoms with Crippen molar-refractivity contribution in [2.75, 3.05) is 32.6 Å². The Morgan fingerprint density at radius 3 is 3.04 bits per heavy atom. The molecule has 8 nitrogen and oxygen atoms in total. The maximum absolute atomic E-state index is 11.9. The van der Waals surface area contributed by atoms with E-state index in [9.17, 15) is 4.79 Å². The van der Waals surface area contributed by atoms with Gasteiger partial charge in [0.25, 0.3) is 0 Å². The lowest BCUT2D eigenvalue weighted by molar-refractivity contribution is -0.118. The Morgan fingerprint density at radius 1 is 1.44 bits per heavy atom. The number of nitrogens with one attached hydrogen (secondary N) is 1. The maximum atomic E-state index is 11.9. The van der Waals surface area contributed by atoms with Crippen molar-refractivity contribution < 1.29 is 19.0 Å². The third-order valence-corrected chi connectivity index (χ3v) is 4.78. The summed E-state index contributed by atoms with van der Waals surface area (Å²) in [5.74, 6) is 2.19. The Morgan fingerprint density at radius 2 is 2.26 bits per heavy atom. The summed E-state index contributed by atoms with van der Waals surface area (Å²) in [5.41, 5.74) is 0. The molecule has 0 unspecified atom stereocenters. The summed E-state index contributed by atoms with van der Waals surface area (Å²) in [5, 5.41) is 11.9. The largest absolute Gasteiger partial charge is 0.485 e. The van der Waals surface area contributed by atoms with Crippen molar-refractivity contribution in [1.82, 2.24) is 20.1 Å². The van der Waals surface area contributed by atoms with E-state index in [-0.39, 0.29) is 17.8 Å². The molecule has 0 bridgehead atoms. The SMILES string of the molecule is C=CCn1c(SCC(=O)NCCOC)nnc1[C@H]1COc2ccccc2O1. The number of methoxy groups -OCH3 is 1. The van der Waals surface area contributed by atoms with Gasteiger partial charge in [-0.25, -0.2) is 0 Å². The Balaban J connectivity index is 1.68. The molecule has 2 heterocycles. The second kappa shape index (κ2) is 9.43. The van der Waals surface area contributed by atoms with Gasteiger partial charge in [-0.3, -0.25) is 9.36 Å². The van der Waals surface area contributed by atoms with E-state index >= 15 is 0 Å². The second-order valence-electron chi connectivity index (χ2n) is 5.74. The predicted octanol–water partition coefficient (Wildman–Crippen LogP) is 1.83. The van der Waals surface area contributed by atoms with Gasteiger partial charge < -0.3 is 19.5 Å². The van der Waals surface area contributed by atoms with Gasteiger partial charge in [-0.2, -0.15) is 0 Å². The second-order valence-corrected chi connectivity index (χ2v) is 6.68. The molecule has 1 N–H and O–H groups in total.